The van der Waals surface area contributed by atoms with Crippen LogP contribution in [0.5, 0.6) is 5.75 Å². The third-order valence-electron chi connectivity index (χ3n) is 4.71. The van der Waals surface area contributed by atoms with Crippen LogP contribution in [0, 0.1) is 0 Å². The molecule has 0 aliphatic carbocycles. The number of ether oxygens (including phenoxy) is 1. The number of carbonyl (C=O) groups is 1. The number of para-hydroxylation sites is 1. The third kappa shape index (κ3) is 6.60. The lowest BCUT2D eigenvalue weighted by Crippen LogP contribution is -2.39. The topological polar surface area (TPSA) is 88.1 Å². The minimum atomic E-state index is -4.59. The Morgan fingerprint density at radius 3 is 2.26 bits per heavy atom. The van der Waals surface area contributed by atoms with E-state index in [1.54, 1.807) is 25.1 Å². The van der Waals surface area contributed by atoms with E-state index in [4.69, 9.17) is 4.74 Å². The zero-order chi connectivity index (χ0) is 25.5. The van der Waals surface area contributed by atoms with Gasteiger partial charge < -0.3 is 4.74 Å². The first-order valence-corrected chi connectivity index (χ1v) is 11.9. The van der Waals surface area contributed by atoms with E-state index in [0.717, 1.165) is 16.6 Å². The summed E-state index contributed by atoms with van der Waals surface area (Å²) in [5.41, 5.74) is 1.16. The van der Waals surface area contributed by atoms with Crippen LogP contribution in [0.4, 0.5) is 18.9 Å². The fourth-order valence-corrected chi connectivity index (χ4v) is 4.54. The number of benzene rings is 3. The summed E-state index contributed by atoms with van der Waals surface area (Å²) in [6, 6.07) is 18.4. The van der Waals surface area contributed by atoms with Crippen molar-refractivity contribution in [1.82, 2.24) is 5.43 Å². The zero-order valence-electron chi connectivity index (χ0n) is 18.6. The van der Waals surface area contributed by atoms with Gasteiger partial charge in [-0.1, -0.05) is 36.4 Å². The Balaban J connectivity index is 1.82. The largest absolute Gasteiger partial charge is 0.494 e. The molecule has 0 saturated heterocycles. The van der Waals surface area contributed by atoms with Gasteiger partial charge in [0.1, 0.15) is 12.3 Å². The molecule has 0 atom stereocenters. The summed E-state index contributed by atoms with van der Waals surface area (Å²) in [6.45, 7) is 1.55. The van der Waals surface area contributed by atoms with Crippen molar-refractivity contribution in [3.05, 3.63) is 90.0 Å². The molecule has 0 saturated carbocycles. The first-order chi connectivity index (χ1) is 16.6. The van der Waals surface area contributed by atoms with Crippen molar-refractivity contribution in [3.63, 3.8) is 0 Å². The molecule has 3 rings (SSSR count). The fraction of sp³-hybridized carbons (Fsp3) is 0.167. The van der Waals surface area contributed by atoms with Gasteiger partial charge in [0.05, 0.1) is 29.0 Å². The predicted molar refractivity (Wildman–Crippen MR) is 126 cm³/mol. The maximum Gasteiger partial charge on any atom is 0.417 e. The van der Waals surface area contributed by atoms with Crippen molar-refractivity contribution in [3.8, 4) is 5.75 Å². The van der Waals surface area contributed by atoms with E-state index in [1.165, 1.54) is 54.6 Å². The second-order valence-electron chi connectivity index (χ2n) is 7.13. The molecule has 3 aromatic carbocycles. The molecule has 0 aliphatic heterocycles. The van der Waals surface area contributed by atoms with Crippen molar-refractivity contribution in [2.24, 2.45) is 5.10 Å². The molecule has 1 amide bonds. The number of halogens is 3. The lowest BCUT2D eigenvalue weighted by atomic mass is 10.1. The van der Waals surface area contributed by atoms with Gasteiger partial charge in [-0.05, 0) is 49.4 Å². The predicted octanol–water partition coefficient (Wildman–Crippen LogP) is 4.45. The first-order valence-electron chi connectivity index (χ1n) is 10.4. The number of hydrogen-bond donors (Lipinski definition) is 1. The molecular formula is C24H22F3N3O4S. The lowest BCUT2D eigenvalue weighted by Gasteiger charge is -2.23. The number of alkyl halides is 3. The van der Waals surface area contributed by atoms with Crippen molar-refractivity contribution in [2.45, 2.75) is 18.0 Å². The summed E-state index contributed by atoms with van der Waals surface area (Å²) < 4.78 is 72.3. The van der Waals surface area contributed by atoms with Gasteiger partial charge in [0.2, 0.25) is 0 Å². The number of nitrogens with one attached hydrogen (secondary N) is 1. The smallest absolute Gasteiger partial charge is 0.417 e. The summed E-state index contributed by atoms with van der Waals surface area (Å²) in [5, 5.41) is 3.59. The van der Waals surface area contributed by atoms with Crippen molar-refractivity contribution in [2.75, 3.05) is 17.5 Å². The van der Waals surface area contributed by atoms with E-state index in [1.807, 2.05) is 0 Å². The highest BCUT2D eigenvalue weighted by Gasteiger charge is 2.32. The Kier molecular flexibility index (Phi) is 8.13. The van der Waals surface area contributed by atoms with Crippen LogP contribution >= 0.6 is 0 Å². The molecule has 0 radical (unpaired) electrons. The van der Waals surface area contributed by atoms with Gasteiger partial charge in [-0.3, -0.25) is 9.10 Å². The minimum absolute atomic E-state index is 0.0692. The molecular weight excluding hydrogens is 483 g/mol. The molecule has 184 valence electrons. The van der Waals surface area contributed by atoms with Gasteiger partial charge in [0.25, 0.3) is 15.9 Å². The van der Waals surface area contributed by atoms with E-state index >= 15 is 0 Å². The van der Waals surface area contributed by atoms with Crippen molar-refractivity contribution >= 4 is 27.8 Å². The summed E-state index contributed by atoms with van der Waals surface area (Å²) in [6.07, 6.45) is -3.74. The molecule has 35 heavy (non-hydrogen) atoms. The SMILES string of the molecule is CCOc1ccc(S(=O)(=O)N(CC(=O)N/N=C\c2ccccc2C(F)(F)F)c2ccccc2)cc1. The van der Waals surface area contributed by atoms with Gasteiger partial charge in [0, 0.05) is 5.56 Å². The van der Waals surface area contributed by atoms with Crippen molar-refractivity contribution in [1.29, 1.82) is 0 Å². The van der Waals surface area contributed by atoms with E-state index in [9.17, 15) is 26.4 Å². The average Bonchev–Trinajstić information content (AvgIpc) is 2.83. The van der Waals surface area contributed by atoms with Gasteiger partial charge in [-0.15, -0.1) is 0 Å². The number of hydrogen-bond acceptors (Lipinski definition) is 5. The normalized spacial score (nSPS) is 11.9. The molecule has 7 nitrogen and oxygen atoms in total. The molecule has 1 N–H and O–H groups in total. The maximum absolute atomic E-state index is 13.3. The van der Waals surface area contributed by atoms with Gasteiger partial charge >= 0.3 is 6.18 Å². The molecule has 3 aromatic rings. The van der Waals surface area contributed by atoms with E-state index < -0.39 is 34.2 Å². The number of nitrogens with zero attached hydrogens (tertiary/aromatic N) is 2. The summed E-state index contributed by atoms with van der Waals surface area (Å²) >= 11 is 0. The summed E-state index contributed by atoms with van der Waals surface area (Å²) in [7, 11) is -4.17. The number of amides is 1. The summed E-state index contributed by atoms with van der Waals surface area (Å²) in [5.74, 6) is -0.354. The van der Waals surface area contributed by atoms with Gasteiger partial charge in [-0.2, -0.15) is 18.3 Å². The Morgan fingerprint density at radius 1 is 1.00 bits per heavy atom. The van der Waals surface area contributed by atoms with Crippen LogP contribution in [-0.2, 0) is 21.0 Å². The average molecular weight is 506 g/mol. The van der Waals surface area contributed by atoms with Crippen LogP contribution in [-0.4, -0.2) is 33.7 Å². The van der Waals surface area contributed by atoms with E-state index in [2.05, 4.69) is 10.5 Å². The highest BCUT2D eigenvalue weighted by molar-refractivity contribution is 7.92. The standard InChI is InChI=1S/C24H22F3N3O4S/c1-2-34-20-12-14-21(15-13-20)35(32,33)30(19-9-4-3-5-10-19)17-23(31)29-28-16-18-8-6-7-11-22(18)24(25,26)27/h3-16H,2,17H2,1H3,(H,29,31)/b28-16-. The van der Waals surface area contributed by atoms with E-state index in [0.29, 0.717) is 12.4 Å². The number of carbonyl (C=O) groups excluding carboxylic acids is 1. The second kappa shape index (κ2) is 11.0. The van der Waals surface area contributed by atoms with Gasteiger partial charge in [-0.25, -0.2) is 13.8 Å². The van der Waals surface area contributed by atoms with Crippen LogP contribution in [0.25, 0.3) is 0 Å². The Labute approximate surface area is 200 Å². The number of sulfonamides is 1. The molecule has 0 aliphatic rings. The van der Waals surface area contributed by atoms with Crippen LogP contribution in [0.15, 0.2) is 88.9 Å². The quantitative estimate of drug-likeness (QED) is 0.344. The Bertz CT molecular complexity index is 1280. The maximum atomic E-state index is 13.3. The van der Waals surface area contributed by atoms with Crippen molar-refractivity contribution < 1.29 is 31.1 Å². The molecule has 0 unspecified atom stereocenters. The Hall–Kier alpha value is -3.86. The highest BCUT2D eigenvalue weighted by atomic mass is 32.2. The zero-order valence-corrected chi connectivity index (χ0v) is 19.4. The van der Waals surface area contributed by atoms with Crippen LogP contribution in [0.3, 0.4) is 0 Å². The molecule has 0 spiro atoms. The van der Waals surface area contributed by atoms with Crippen LogP contribution < -0.4 is 14.5 Å². The first kappa shape index (κ1) is 25.8. The minimum Gasteiger partial charge on any atom is -0.494 e. The summed E-state index contributed by atoms with van der Waals surface area (Å²) in [4.78, 5) is 12.5. The monoisotopic (exact) mass is 505 g/mol. The second-order valence-corrected chi connectivity index (χ2v) is 8.99. The molecule has 0 bridgehead atoms. The number of anilines is 1. The molecule has 11 heteroatoms. The molecule has 0 fully saturated rings. The molecule has 0 aromatic heterocycles. The fourth-order valence-electron chi connectivity index (χ4n) is 3.12. The number of hydrazone groups is 1. The van der Waals surface area contributed by atoms with Crippen LogP contribution in [0.2, 0.25) is 0 Å². The van der Waals surface area contributed by atoms with Gasteiger partial charge in [0.15, 0.2) is 0 Å². The third-order valence-corrected chi connectivity index (χ3v) is 6.50. The number of rotatable bonds is 9. The lowest BCUT2D eigenvalue weighted by molar-refractivity contribution is -0.137. The highest BCUT2D eigenvalue weighted by Crippen LogP contribution is 2.31. The molecule has 0 heterocycles. The van der Waals surface area contributed by atoms with E-state index in [-0.39, 0.29) is 16.1 Å². The Morgan fingerprint density at radius 2 is 1.63 bits per heavy atom. The van der Waals surface area contributed by atoms with Crippen LogP contribution in [0.1, 0.15) is 18.1 Å².